The molecular formula is C17H25FN2O. The Labute approximate surface area is 126 Å². The largest absolute Gasteiger partial charge is 0.319 e. The Hall–Kier alpha value is -1.42. The monoisotopic (exact) mass is 292 g/mol. The van der Waals surface area contributed by atoms with E-state index in [-0.39, 0.29) is 30.0 Å². The lowest BCUT2D eigenvalue weighted by Gasteiger charge is -2.30. The molecule has 3 unspecified atom stereocenters. The second-order valence-corrected chi connectivity index (χ2v) is 5.82. The lowest BCUT2D eigenvalue weighted by atomic mass is 10.1. The van der Waals surface area contributed by atoms with Crippen molar-refractivity contribution in [2.75, 3.05) is 0 Å². The van der Waals surface area contributed by atoms with E-state index in [0.29, 0.717) is 0 Å². The molecule has 1 N–H and O–H groups in total. The van der Waals surface area contributed by atoms with E-state index >= 15 is 0 Å². The summed E-state index contributed by atoms with van der Waals surface area (Å²) in [6.07, 6.45) is 3.60. The summed E-state index contributed by atoms with van der Waals surface area (Å²) in [6, 6.07) is 6.53. The molecule has 0 saturated carbocycles. The molecule has 1 saturated heterocycles. The fourth-order valence-corrected chi connectivity index (χ4v) is 2.87. The molecule has 0 bridgehead atoms. The summed E-state index contributed by atoms with van der Waals surface area (Å²) in [5.41, 5.74) is 0.822. The highest BCUT2D eigenvalue weighted by Gasteiger charge is 2.41. The Balaban J connectivity index is 2.26. The van der Waals surface area contributed by atoms with Crippen LogP contribution in [0.15, 0.2) is 24.3 Å². The molecule has 21 heavy (non-hydrogen) atoms. The average Bonchev–Trinajstić information content (AvgIpc) is 2.81. The highest BCUT2D eigenvalue weighted by molar-refractivity contribution is 5.84. The molecule has 1 heterocycles. The first-order chi connectivity index (χ1) is 10.1. The Morgan fingerprint density at radius 2 is 2.14 bits per heavy atom. The maximum atomic E-state index is 13.5. The molecule has 2 rings (SSSR count). The van der Waals surface area contributed by atoms with Crippen LogP contribution in [0.1, 0.15) is 58.2 Å². The Kier molecular flexibility index (Phi) is 5.34. The number of amides is 1. The van der Waals surface area contributed by atoms with Crippen LogP contribution in [0.2, 0.25) is 0 Å². The summed E-state index contributed by atoms with van der Waals surface area (Å²) >= 11 is 0. The average molecular weight is 292 g/mol. The second kappa shape index (κ2) is 7.03. The number of unbranched alkanes of at least 4 members (excludes halogenated alkanes) is 1. The van der Waals surface area contributed by atoms with Crippen LogP contribution in [-0.4, -0.2) is 22.9 Å². The fourth-order valence-electron chi connectivity index (χ4n) is 2.87. The quantitative estimate of drug-likeness (QED) is 0.868. The Morgan fingerprint density at radius 1 is 1.38 bits per heavy atom. The van der Waals surface area contributed by atoms with E-state index in [2.05, 4.69) is 19.2 Å². The first-order valence-corrected chi connectivity index (χ1v) is 7.92. The molecule has 1 aliphatic rings. The third kappa shape index (κ3) is 3.43. The summed E-state index contributed by atoms with van der Waals surface area (Å²) in [5.74, 6) is -0.116. The maximum Gasteiger partial charge on any atom is 0.241 e. The molecule has 4 heteroatoms. The van der Waals surface area contributed by atoms with Gasteiger partial charge in [-0.1, -0.05) is 38.8 Å². The normalized spacial score (nSPS) is 23.6. The molecule has 1 fully saturated rings. The predicted molar refractivity (Wildman–Crippen MR) is 82.2 cm³/mol. The van der Waals surface area contributed by atoms with Crippen LogP contribution in [0.5, 0.6) is 0 Å². The molecule has 1 amide bonds. The van der Waals surface area contributed by atoms with Gasteiger partial charge in [-0.25, -0.2) is 4.39 Å². The van der Waals surface area contributed by atoms with E-state index in [4.69, 9.17) is 0 Å². The van der Waals surface area contributed by atoms with Gasteiger partial charge in [-0.3, -0.25) is 10.1 Å². The third-order valence-electron chi connectivity index (χ3n) is 4.27. The Bertz CT molecular complexity index is 491. The van der Waals surface area contributed by atoms with Gasteiger partial charge < -0.3 is 4.90 Å². The zero-order valence-corrected chi connectivity index (χ0v) is 13.1. The number of hydrogen-bond acceptors (Lipinski definition) is 2. The number of nitrogens with one attached hydrogen (secondary N) is 1. The van der Waals surface area contributed by atoms with E-state index in [9.17, 15) is 9.18 Å². The standard InChI is InChI=1S/C17H25FN2O/c1-4-6-10-15-17(21)20(12(3)5-2)16(19-15)13-8-7-9-14(18)11-13/h7-9,11-12,15-16,19H,4-6,10H2,1-3H3. The minimum Gasteiger partial charge on any atom is -0.319 e. The second-order valence-electron chi connectivity index (χ2n) is 5.82. The molecule has 0 aliphatic carbocycles. The van der Waals surface area contributed by atoms with Crippen LogP contribution in [0.4, 0.5) is 4.39 Å². The molecule has 3 atom stereocenters. The topological polar surface area (TPSA) is 32.3 Å². The summed E-state index contributed by atoms with van der Waals surface area (Å²) in [6.45, 7) is 6.24. The van der Waals surface area contributed by atoms with Crippen LogP contribution < -0.4 is 5.32 Å². The Morgan fingerprint density at radius 3 is 2.76 bits per heavy atom. The highest BCUT2D eigenvalue weighted by atomic mass is 19.1. The van der Waals surface area contributed by atoms with Crippen LogP contribution in [0.3, 0.4) is 0 Å². The number of hydrogen-bond donors (Lipinski definition) is 1. The molecule has 1 aliphatic heterocycles. The molecule has 3 nitrogen and oxygen atoms in total. The molecule has 0 spiro atoms. The fraction of sp³-hybridized carbons (Fsp3) is 0.588. The van der Waals surface area contributed by atoms with Crippen LogP contribution >= 0.6 is 0 Å². The maximum absolute atomic E-state index is 13.5. The number of rotatable bonds is 6. The third-order valence-corrected chi connectivity index (χ3v) is 4.27. The number of nitrogens with zero attached hydrogens (tertiary/aromatic N) is 1. The first kappa shape index (κ1) is 16.0. The van der Waals surface area contributed by atoms with Gasteiger partial charge in [0.15, 0.2) is 0 Å². The summed E-state index contributed by atoms with van der Waals surface area (Å²) in [5, 5.41) is 3.39. The van der Waals surface area contributed by atoms with Crippen molar-refractivity contribution in [3.63, 3.8) is 0 Å². The van der Waals surface area contributed by atoms with Gasteiger partial charge >= 0.3 is 0 Å². The van der Waals surface area contributed by atoms with Gasteiger partial charge in [0.05, 0.1) is 6.04 Å². The van der Waals surface area contributed by atoms with Gasteiger partial charge in [-0.05, 0) is 37.5 Å². The summed E-state index contributed by atoms with van der Waals surface area (Å²) in [7, 11) is 0. The summed E-state index contributed by atoms with van der Waals surface area (Å²) < 4.78 is 13.5. The zero-order valence-electron chi connectivity index (χ0n) is 13.1. The summed E-state index contributed by atoms with van der Waals surface area (Å²) in [4.78, 5) is 14.5. The van der Waals surface area contributed by atoms with Crippen LogP contribution in [0.25, 0.3) is 0 Å². The molecule has 0 radical (unpaired) electrons. The highest BCUT2D eigenvalue weighted by Crippen LogP contribution is 2.30. The van der Waals surface area contributed by atoms with Gasteiger partial charge in [0.2, 0.25) is 5.91 Å². The minimum absolute atomic E-state index is 0.143. The van der Waals surface area contributed by atoms with Crippen LogP contribution in [-0.2, 0) is 4.79 Å². The van der Waals surface area contributed by atoms with Gasteiger partial charge in [0.1, 0.15) is 12.0 Å². The van der Waals surface area contributed by atoms with Crippen molar-refractivity contribution in [1.82, 2.24) is 10.2 Å². The van der Waals surface area contributed by atoms with Crippen molar-refractivity contribution in [2.45, 2.75) is 64.7 Å². The van der Waals surface area contributed by atoms with Gasteiger partial charge in [-0.2, -0.15) is 0 Å². The predicted octanol–water partition coefficient (Wildman–Crippen LogP) is 3.61. The molecule has 116 valence electrons. The van der Waals surface area contributed by atoms with E-state index in [1.165, 1.54) is 12.1 Å². The lowest BCUT2D eigenvalue weighted by Crippen LogP contribution is -2.38. The smallest absolute Gasteiger partial charge is 0.241 e. The number of benzene rings is 1. The zero-order chi connectivity index (χ0) is 15.4. The van der Waals surface area contributed by atoms with Crippen molar-refractivity contribution in [3.8, 4) is 0 Å². The van der Waals surface area contributed by atoms with E-state index in [1.54, 1.807) is 6.07 Å². The van der Waals surface area contributed by atoms with Crippen molar-refractivity contribution in [2.24, 2.45) is 0 Å². The van der Waals surface area contributed by atoms with E-state index < -0.39 is 0 Å². The van der Waals surface area contributed by atoms with Crippen molar-refractivity contribution >= 4 is 5.91 Å². The minimum atomic E-state index is -0.261. The van der Waals surface area contributed by atoms with Crippen molar-refractivity contribution < 1.29 is 9.18 Å². The van der Waals surface area contributed by atoms with Crippen LogP contribution in [0, 0.1) is 5.82 Å². The lowest BCUT2D eigenvalue weighted by molar-refractivity contribution is -0.132. The van der Waals surface area contributed by atoms with Gasteiger partial charge in [0, 0.05) is 6.04 Å². The van der Waals surface area contributed by atoms with E-state index in [0.717, 1.165) is 31.2 Å². The van der Waals surface area contributed by atoms with E-state index in [1.807, 2.05) is 17.9 Å². The molecular weight excluding hydrogens is 267 g/mol. The van der Waals surface area contributed by atoms with Crippen molar-refractivity contribution in [3.05, 3.63) is 35.6 Å². The van der Waals surface area contributed by atoms with Gasteiger partial charge in [0.25, 0.3) is 0 Å². The molecule has 0 aromatic heterocycles. The first-order valence-electron chi connectivity index (χ1n) is 7.92. The SMILES string of the molecule is CCCCC1NC(c2cccc(F)c2)N(C(C)CC)C1=O. The molecule has 1 aromatic carbocycles. The van der Waals surface area contributed by atoms with Crippen molar-refractivity contribution in [1.29, 1.82) is 0 Å². The molecule has 1 aromatic rings. The van der Waals surface area contributed by atoms with Gasteiger partial charge in [-0.15, -0.1) is 0 Å². The number of carbonyl (C=O) groups is 1. The number of carbonyl (C=O) groups excluding carboxylic acids is 1. The number of halogens is 1.